The molecule has 1 heterocycles. The van der Waals surface area contributed by atoms with Gasteiger partial charge in [-0.1, -0.05) is 17.7 Å². The maximum atomic E-state index is 12.8. The molecule has 0 aromatic heterocycles. The molecule has 130 valence electrons. The first-order valence-electron chi connectivity index (χ1n) is 8.25. The SMILES string of the molecule is Cc1ccc(S(=O)(=O)N2CCN(CCCN(C)C)CC2)c(C)c1. The van der Waals surface area contributed by atoms with E-state index in [0.717, 1.165) is 43.7 Å². The first-order chi connectivity index (χ1) is 10.8. The molecule has 1 aromatic carbocycles. The van der Waals surface area contributed by atoms with Crippen molar-refractivity contribution >= 4 is 10.0 Å². The lowest BCUT2D eigenvalue weighted by atomic mass is 10.2. The summed E-state index contributed by atoms with van der Waals surface area (Å²) in [6.07, 6.45) is 1.12. The van der Waals surface area contributed by atoms with Crippen LogP contribution in [0.1, 0.15) is 17.5 Å². The second-order valence-electron chi connectivity index (χ2n) is 6.67. The van der Waals surface area contributed by atoms with Gasteiger partial charge in [-0.25, -0.2) is 8.42 Å². The maximum Gasteiger partial charge on any atom is 0.243 e. The van der Waals surface area contributed by atoms with E-state index in [-0.39, 0.29) is 0 Å². The van der Waals surface area contributed by atoms with Gasteiger partial charge in [-0.3, -0.25) is 0 Å². The van der Waals surface area contributed by atoms with Crippen molar-refractivity contribution in [1.82, 2.24) is 14.1 Å². The van der Waals surface area contributed by atoms with E-state index in [0.29, 0.717) is 18.0 Å². The summed E-state index contributed by atoms with van der Waals surface area (Å²) in [6.45, 7) is 8.76. The molecule has 0 N–H and O–H groups in total. The molecule has 0 unspecified atom stereocenters. The Morgan fingerprint density at radius 1 is 1.09 bits per heavy atom. The molecule has 5 nitrogen and oxygen atoms in total. The van der Waals surface area contributed by atoms with Crippen LogP contribution >= 0.6 is 0 Å². The highest BCUT2D eigenvalue weighted by Gasteiger charge is 2.29. The molecule has 0 spiro atoms. The van der Waals surface area contributed by atoms with E-state index in [2.05, 4.69) is 23.9 Å². The Hall–Kier alpha value is -0.950. The Morgan fingerprint density at radius 3 is 2.30 bits per heavy atom. The molecule has 1 fully saturated rings. The van der Waals surface area contributed by atoms with Crippen molar-refractivity contribution in [3.8, 4) is 0 Å². The zero-order valence-electron chi connectivity index (χ0n) is 14.7. The zero-order chi connectivity index (χ0) is 17.0. The van der Waals surface area contributed by atoms with Crippen molar-refractivity contribution in [3.63, 3.8) is 0 Å². The molecular formula is C17H29N3O2S. The summed E-state index contributed by atoms with van der Waals surface area (Å²) in [5, 5.41) is 0. The Kier molecular flexibility index (Phi) is 6.19. The second-order valence-corrected chi connectivity index (χ2v) is 8.58. The zero-order valence-corrected chi connectivity index (χ0v) is 15.6. The van der Waals surface area contributed by atoms with Gasteiger partial charge in [0.15, 0.2) is 0 Å². The fourth-order valence-corrected chi connectivity index (χ4v) is 4.66. The van der Waals surface area contributed by atoms with E-state index in [9.17, 15) is 8.42 Å². The van der Waals surface area contributed by atoms with Crippen molar-refractivity contribution in [2.45, 2.75) is 25.2 Å². The van der Waals surface area contributed by atoms with Crippen LogP contribution in [0.5, 0.6) is 0 Å². The third-order valence-corrected chi connectivity index (χ3v) is 6.42. The molecule has 0 radical (unpaired) electrons. The topological polar surface area (TPSA) is 43.9 Å². The number of piperazine rings is 1. The van der Waals surface area contributed by atoms with E-state index in [1.165, 1.54) is 0 Å². The van der Waals surface area contributed by atoms with Gasteiger partial charge < -0.3 is 9.80 Å². The van der Waals surface area contributed by atoms with Crippen molar-refractivity contribution in [2.24, 2.45) is 0 Å². The smallest absolute Gasteiger partial charge is 0.243 e. The number of hydrogen-bond acceptors (Lipinski definition) is 4. The standard InChI is InChI=1S/C17H29N3O2S/c1-15-6-7-17(16(2)14-15)23(21,22)20-12-10-19(11-13-20)9-5-8-18(3)4/h6-7,14H,5,8-13H2,1-4H3. The lowest BCUT2D eigenvalue weighted by Gasteiger charge is -2.34. The molecule has 0 amide bonds. The van der Waals surface area contributed by atoms with Gasteiger partial charge in [0.25, 0.3) is 0 Å². The molecule has 1 aliphatic heterocycles. The maximum absolute atomic E-state index is 12.8. The summed E-state index contributed by atoms with van der Waals surface area (Å²) in [5.74, 6) is 0. The van der Waals surface area contributed by atoms with Gasteiger partial charge in [-0.2, -0.15) is 4.31 Å². The van der Waals surface area contributed by atoms with E-state index >= 15 is 0 Å². The van der Waals surface area contributed by atoms with Crippen LogP contribution in [-0.4, -0.2) is 75.9 Å². The van der Waals surface area contributed by atoms with Gasteiger partial charge in [-0.15, -0.1) is 0 Å². The molecule has 1 aliphatic rings. The Balaban J connectivity index is 1.96. The highest BCUT2D eigenvalue weighted by molar-refractivity contribution is 7.89. The minimum absolute atomic E-state index is 0.448. The first kappa shape index (κ1) is 18.4. The fourth-order valence-electron chi connectivity index (χ4n) is 3.03. The predicted molar refractivity (Wildman–Crippen MR) is 94.3 cm³/mol. The van der Waals surface area contributed by atoms with Crippen LogP contribution < -0.4 is 0 Å². The van der Waals surface area contributed by atoms with Crippen LogP contribution in [0.2, 0.25) is 0 Å². The number of aryl methyl sites for hydroxylation is 2. The molecule has 2 rings (SSSR count). The number of benzene rings is 1. The summed E-state index contributed by atoms with van der Waals surface area (Å²) in [7, 11) is 0.787. The van der Waals surface area contributed by atoms with Crippen LogP contribution in [0.4, 0.5) is 0 Å². The third-order valence-electron chi connectivity index (χ3n) is 4.36. The van der Waals surface area contributed by atoms with Crippen LogP contribution in [0, 0.1) is 13.8 Å². The number of hydrogen-bond donors (Lipinski definition) is 0. The van der Waals surface area contributed by atoms with E-state index in [1.807, 2.05) is 26.0 Å². The van der Waals surface area contributed by atoms with Gasteiger partial charge in [0.2, 0.25) is 10.0 Å². The second kappa shape index (κ2) is 7.75. The van der Waals surface area contributed by atoms with Crippen LogP contribution in [-0.2, 0) is 10.0 Å². The van der Waals surface area contributed by atoms with E-state index in [4.69, 9.17) is 0 Å². The summed E-state index contributed by atoms with van der Waals surface area (Å²) >= 11 is 0. The van der Waals surface area contributed by atoms with Crippen LogP contribution in [0.3, 0.4) is 0 Å². The van der Waals surface area contributed by atoms with Crippen LogP contribution in [0.15, 0.2) is 23.1 Å². The minimum atomic E-state index is -3.37. The summed E-state index contributed by atoms with van der Waals surface area (Å²) in [5.41, 5.74) is 1.92. The molecule has 0 aliphatic carbocycles. The molecule has 0 bridgehead atoms. The quantitative estimate of drug-likeness (QED) is 0.789. The molecule has 23 heavy (non-hydrogen) atoms. The molecule has 0 saturated carbocycles. The normalized spacial score (nSPS) is 17.8. The lowest BCUT2D eigenvalue weighted by molar-refractivity contribution is 0.181. The molecule has 6 heteroatoms. The van der Waals surface area contributed by atoms with Gasteiger partial charge in [0, 0.05) is 26.2 Å². The first-order valence-corrected chi connectivity index (χ1v) is 9.69. The average Bonchev–Trinajstić information content (AvgIpc) is 2.47. The van der Waals surface area contributed by atoms with Crippen molar-refractivity contribution in [1.29, 1.82) is 0 Å². The molecule has 1 aromatic rings. The summed E-state index contributed by atoms with van der Waals surface area (Å²) < 4.78 is 27.3. The Bertz CT molecular complexity index is 621. The average molecular weight is 340 g/mol. The highest BCUT2D eigenvalue weighted by Crippen LogP contribution is 2.22. The number of rotatable bonds is 6. The van der Waals surface area contributed by atoms with Gasteiger partial charge in [0.1, 0.15) is 0 Å². The highest BCUT2D eigenvalue weighted by atomic mass is 32.2. The van der Waals surface area contributed by atoms with E-state index in [1.54, 1.807) is 10.4 Å². The molecular weight excluding hydrogens is 310 g/mol. The Morgan fingerprint density at radius 2 is 1.74 bits per heavy atom. The monoisotopic (exact) mass is 339 g/mol. The fraction of sp³-hybridized carbons (Fsp3) is 0.647. The van der Waals surface area contributed by atoms with Gasteiger partial charge >= 0.3 is 0 Å². The van der Waals surface area contributed by atoms with Crippen molar-refractivity contribution in [2.75, 3.05) is 53.4 Å². The lowest BCUT2D eigenvalue weighted by Crippen LogP contribution is -2.49. The van der Waals surface area contributed by atoms with E-state index < -0.39 is 10.0 Å². The summed E-state index contributed by atoms with van der Waals surface area (Å²) in [6, 6.07) is 5.55. The van der Waals surface area contributed by atoms with Crippen LogP contribution in [0.25, 0.3) is 0 Å². The van der Waals surface area contributed by atoms with Crippen molar-refractivity contribution < 1.29 is 8.42 Å². The largest absolute Gasteiger partial charge is 0.309 e. The minimum Gasteiger partial charge on any atom is -0.309 e. The summed E-state index contributed by atoms with van der Waals surface area (Å²) in [4.78, 5) is 4.99. The van der Waals surface area contributed by atoms with Gasteiger partial charge in [-0.05, 0) is 59.1 Å². The number of nitrogens with zero attached hydrogens (tertiary/aromatic N) is 3. The predicted octanol–water partition coefficient (Wildman–Crippen LogP) is 1.56. The Labute approximate surface area is 140 Å². The van der Waals surface area contributed by atoms with Gasteiger partial charge in [0.05, 0.1) is 4.90 Å². The number of sulfonamides is 1. The third kappa shape index (κ3) is 4.76. The molecule has 1 saturated heterocycles. The molecule has 0 atom stereocenters. The van der Waals surface area contributed by atoms with Crippen molar-refractivity contribution in [3.05, 3.63) is 29.3 Å².